The molecule has 146 valence electrons. The highest BCUT2D eigenvalue weighted by molar-refractivity contribution is 8.01. The van der Waals surface area contributed by atoms with Gasteiger partial charge in [0, 0.05) is 23.3 Å². The van der Waals surface area contributed by atoms with Gasteiger partial charge in [-0.1, -0.05) is 37.1 Å². The first-order valence-electron chi connectivity index (χ1n) is 9.65. The van der Waals surface area contributed by atoms with Crippen LogP contribution in [0.1, 0.15) is 37.7 Å². The van der Waals surface area contributed by atoms with Gasteiger partial charge in [-0.2, -0.15) is 0 Å². The Bertz CT molecular complexity index is 878. The van der Waals surface area contributed by atoms with Gasteiger partial charge < -0.3 is 10.6 Å². The van der Waals surface area contributed by atoms with E-state index in [-0.39, 0.29) is 29.5 Å². The quantitative estimate of drug-likeness (QED) is 0.791. The molecule has 1 heterocycles. The smallest absolute Gasteiger partial charge is 0.238 e. The van der Waals surface area contributed by atoms with Gasteiger partial charge in [0.1, 0.15) is 5.82 Å². The number of rotatable bonds is 5. The second kappa shape index (κ2) is 7.95. The molecule has 6 heteroatoms. The van der Waals surface area contributed by atoms with Crippen LogP contribution in [0, 0.1) is 5.82 Å². The summed E-state index contributed by atoms with van der Waals surface area (Å²) in [6, 6.07) is 14.2. The summed E-state index contributed by atoms with van der Waals surface area (Å²) in [5, 5.41) is 5.49. The van der Waals surface area contributed by atoms with Gasteiger partial charge in [-0.3, -0.25) is 9.59 Å². The van der Waals surface area contributed by atoms with Crippen LogP contribution in [0.4, 0.5) is 10.1 Å². The zero-order chi connectivity index (χ0) is 19.6. The molecule has 0 saturated heterocycles. The highest BCUT2D eigenvalue weighted by atomic mass is 32.2. The number of benzene rings is 2. The molecule has 2 aromatic rings. The van der Waals surface area contributed by atoms with Crippen LogP contribution in [0.3, 0.4) is 0 Å². The zero-order valence-electron chi connectivity index (χ0n) is 15.5. The van der Waals surface area contributed by atoms with Gasteiger partial charge in [-0.15, -0.1) is 11.8 Å². The van der Waals surface area contributed by atoms with Crippen LogP contribution in [0.2, 0.25) is 0 Å². The van der Waals surface area contributed by atoms with Crippen molar-refractivity contribution in [3.63, 3.8) is 0 Å². The first-order chi connectivity index (χ1) is 13.6. The van der Waals surface area contributed by atoms with Crippen molar-refractivity contribution in [2.75, 3.05) is 11.9 Å². The molecule has 4 nitrogen and oxygen atoms in total. The summed E-state index contributed by atoms with van der Waals surface area (Å²) in [7, 11) is 0. The number of halogens is 1. The molecule has 1 fully saturated rings. The number of carbonyl (C=O) groups is 2. The number of fused-ring (bicyclic) bond motifs is 1. The monoisotopic (exact) mass is 398 g/mol. The number of anilines is 1. The molecule has 28 heavy (non-hydrogen) atoms. The number of thioether (sulfide) groups is 1. The van der Waals surface area contributed by atoms with E-state index < -0.39 is 5.25 Å². The minimum absolute atomic E-state index is 0.125. The number of amides is 2. The van der Waals surface area contributed by atoms with Gasteiger partial charge in [0.2, 0.25) is 11.8 Å². The Morgan fingerprint density at radius 2 is 1.86 bits per heavy atom. The molecule has 1 unspecified atom stereocenters. The van der Waals surface area contributed by atoms with Gasteiger partial charge in [-0.05, 0) is 42.7 Å². The lowest BCUT2D eigenvalue weighted by atomic mass is 9.79. The molecule has 0 radical (unpaired) electrons. The van der Waals surface area contributed by atoms with Crippen molar-refractivity contribution in [3.8, 4) is 0 Å². The molecule has 2 N–H and O–H groups in total. The molecule has 1 aliphatic carbocycles. The van der Waals surface area contributed by atoms with Crippen LogP contribution >= 0.6 is 11.8 Å². The molecule has 1 atom stereocenters. The molecular weight excluding hydrogens is 375 g/mol. The summed E-state index contributed by atoms with van der Waals surface area (Å²) in [4.78, 5) is 25.9. The van der Waals surface area contributed by atoms with E-state index in [2.05, 4.69) is 10.6 Å². The molecule has 2 amide bonds. The zero-order valence-corrected chi connectivity index (χ0v) is 16.4. The number of hydrogen-bond acceptors (Lipinski definition) is 3. The second-order valence-electron chi connectivity index (χ2n) is 7.57. The summed E-state index contributed by atoms with van der Waals surface area (Å²) >= 11 is 1.43. The Balaban J connectivity index is 1.39. The number of nitrogens with one attached hydrogen (secondary N) is 2. The van der Waals surface area contributed by atoms with Gasteiger partial charge >= 0.3 is 0 Å². The van der Waals surface area contributed by atoms with Crippen LogP contribution in [-0.2, 0) is 15.0 Å². The fourth-order valence-electron chi connectivity index (χ4n) is 4.16. The highest BCUT2D eigenvalue weighted by Crippen LogP contribution is 2.41. The van der Waals surface area contributed by atoms with Crippen molar-refractivity contribution >= 4 is 29.3 Å². The van der Waals surface area contributed by atoms with Crippen LogP contribution in [0.5, 0.6) is 0 Å². The van der Waals surface area contributed by atoms with Crippen molar-refractivity contribution in [3.05, 3.63) is 59.9 Å². The number of hydrogen-bond donors (Lipinski definition) is 2. The molecule has 1 aliphatic heterocycles. The molecule has 0 aromatic heterocycles. The lowest BCUT2D eigenvalue weighted by Gasteiger charge is -2.30. The standard InChI is InChI=1S/C22H23FN2O2S/c23-16-9-7-15(8-10-16)22(11-3-4-12-22)14-24-20(26)13-19-21(27)25-17-5-1-2-6-18(17)28-19/h1-2,5-10,19H,3-4,11-14H2,(H,24,26)(H,25,27). The average Bonchev–Trinajstić information content (AvgIpc) is 3.18. The third-order valence-electron chi connectivity index (χ3n) is 5.72. The van der Waals surface area contributed by atoms with E-state index in [4.69, 9.17) is 0 Å². The van der Waals surface area contributed by atoms with Gasteiger partial charge in [0.15, 0.2) is 0 Å². The van der Waals surface area contributed by atoms with E-state index in [0.717, 1.165) is 41.8 Å². The number of carbonyl (C=O) groups excluding carboxylic acids is 2. The van der Waals surface area contributed by atoms with Crippen LogP contribution in [0.15, 0.2) is 53.4 Å². The predicted molar refractivity (Wildman–Crippen MR) is 109 cm³/mol. The Kier molecular flexibility index (Phi) is 5.40. The van der Waals surface area contributed by atoms with Gasteiger partial charge in [0.05, 0.1) is 10.9 Å². The molecule has 4 rings (SSSR count). The van der Waals surface area contributed by atoms with E-state index in [1.807, 2.05) is 36.4 Å². The minimum atomic E-state index is -0.430. The summed E-state index contributed by atoms with van der Waals surface area (Å²) in [5.41, 5.74) is 1.73. The largest absolute Gasteiger partial charge is 0.355 e. The van der Waals surface area contributed by atoms with Crippen molar-refractivity contribution in [2.24, 2.45) is 0 Å². The fourth-order valence-corrected chi connectivity index (χ4v) is 5.27. The maximum atomic E-state index is 13.3. The van der Waals surface area contributed by atoms with Crippen LogP contribution in [0.25, 0.3) is 0 Å². The van der Waals surface area contributed by atoms with Crippen molar-refractivity contribution < 1.29 is 14.0 Å². The van der Waals surface area contributed by atoms with E-state index in [9.17, 15) is 14.0 Å². The molecule has 0 bridgehead atoms. The van der Waals surface area contributed by atoms with E-state index in [0.29, 0.717) is 6.54 Å². The van der Waals surface area contributed by atoms with Gasteiger partial charge in [0.25, 0.3) is 0 Å². The normalized spacial score (nSPS) is 20.3. The molecule has 1 saturated carbocycles. The molecule has 2 aliphatic rings. The molecular formula is C22H23FN2O2S. The highest BCUT2D eigenvalue weighted by Gasteiger charge is 2.36. The summed E-state index contributed by atoms with van der Waals surface area (Å²) in [6.07, 6.45) is 4.30. The second-order valence-corrected chi connectivity index (χ2v) is 8.81. The third-order valence-corrected chi connectivity index (χ3v) is 6.99. The van der Waals surface area contributed by atoms with E-state index in [1.54, 1.807) is 0 Å². The van der Waals surface area contributed by atoms with E-state index >= 15 is 0 Å². The average molecular weight is 399 g/mol. The van der Waals surface area contributed by atoms with Crippen molar-refractivity contribution in [1.82, 2.24) is 5.32 Å². The first kappa shape index (κ1) is 19.0. The molecule has 0 spiro atoms. The van der Waals surface area contributed by atoms with Crippen molar-refractivity contribution in [1.29, 1.82) is 0 Å². The summed E-state index contributed by atoms with van der Waals surface area (Å²) < 4.78 is 13.3. The maximum Gasteiger partial charge on any atom is 0.238 e. The maximum absolute atomic E-state index is 13.3. The third kappa shape index (κ3) is 3.92. The van der Waals surface area contributed by atoms with Crippen molar-refractivity contribution in [2.45, 2.75) is 47.7 Å². The number of para-hydroxylation sites is 1. The first-order valence-corrected chi connectivity index (χ1v) is 10.5. The predicted octanol–water partition coefficient (Wildman–Crippen LogP) is 4.26. The molecule has 2 aromatic carbocycles. The fraction of sp³-hybridized carbons (Fsp3) is 0.364. The lowest BCUT2D eigenvalue weighted by Crippen LogP contribution is -2.41. The summed E-state index contributed by atoms with van der Waals surface area (Å²) in [5.74, 6) is -0.505. The van der Waals surface area contributed by atoms with Crippen LogP contribution in [-0.4, -0.2) is 23.6 Å². The SMILES string of the molecule is O=C(CC1Sc2ccccc2NC1=O)NCC1(c2ccc(F)cc2)CCCC1. The summed E-state index contributed by atoms with van der Waals surface area (Å²) in [6.45, 7) is 0.521. The Labute approximate surface area is 168 Å². The van der Waals surface area contributed by atoms with Gasteiger partial charge in [-0.25, -0.2) is 4.39 Å². The lowest BCUT2D eigenvalue weighted by molar-refractivity contribution is -0.124. The topological polar surface area (TPSA) is 58.2 Å². The Morgan fingerprint density at radius 1 is 1.14 bits per heavy atom. The Hall–Kier alpha value is -2.34. The minimum Gasteiger partial charge on any atom is -0.355 e. The van der Waals surface area contributed by atoms with Crippen LogP contribution < -0.4 is 10.6 Å². The Morgan fingerprint density at radius 3 is 2.61 bits per heavy atom. The van der Waals surface area contributed by atoms with E-state index in [1.165, 1.54) is 23.9 Å².